The van der Waals surface area contributed by atoms with Crippen LogP contribution in [-0.4, -0.2) is 4.98 Å². The lowest BCUT2D eigenvalue weighted by atomic mass is 9.79. The molecule has 0 atom stereocenters. The second-order valence-electron chi connectivity index (χ2n) is 5.42. The Morgan fingerprint density at radius 3 is 2.48 bits per heavy atom. The molecule has 1 saturated carbocycles. The Kier molecular flexibility index (Phi) is 3.35. The van der Waals surface area contributed by atoms with Gasteiger partial charge in [-0.2, -0.15) is 13.2 Å². The number of alkyl halides is 3. The zero-order valence-corrected chi connectivity index (χ0v) is 11.3. The highest BCUT2D eigenvalue weighted by atomic mass is 19.4. The van der Waals surface area contributed by atoms with E-state index in [4.69, 9.17) is 5.73 Å². The van der Waals surface area contributed by atoms with Gasteiger partial charge in [-0.3, -0.25) is 0 Å². The van der Waals surface area contributed by atoms with Crippen molar-refractivity contribution in [1.82, 2.24) is 4.98 Å². The first-order valence-corrected chi connectivity index (χ1v) is 6.88. The van der Waals surface area contributed by atoms with Crippen molar-refractivity contribution in [3.8, 4) is 11.3 Å². The molecule has 0 unspecified atom stereocenters. The summed E-state index contributed by atoms with van der Waals surface area (Å²) in [7, 11) is 0. The molecule has 5 heteroatoms. The minimum absolute atomic E-state index is 0.117. The summed E-state index contributed by atoms with van der Waals surface area (Å²) < 4.78 is 38.6. The number of hydrogen-bond donors (Lipinski definition) is 1. The van der Waals surface area contributed by atoms with Gasteiger partial charge in [0.2, 0.25) is 0 Å². The largest absolute Gasteiger partial charge is 0.416 e. The van der Waals surface area contributed by atoms with Crippen LogP contribution in [-0.2, 0) is 6.18 Å². The van der Waals surface area contributed by atoms with Crippen LogP contribution in [0.3, 0.4) is 0 Å². The van der Waals surface area contributed by atoms with Crippen LogP contribution in [0.25, 0.3) is 11.3 Å². The number of pyridine rings is 1. The van der Waals surface area contributed by atoms with E-state index in [1.54, 1.807) is 6.07 Å². The fraction of sp³-hybridized carbons (Fsp3) is 0.312. The van der Waals surface area contributed by atoms with E-state index in [1.165, 1.54) is 6.42 Å². The predicted molar refractivity (Wildman–Crippen MR) is 75.7 cm³/mol. The molecule has 2 nitrogen and oxygen atoms in total. The lowest BCUT2D eigenvalue weighted by molar-refractivity contribution is -0.137. The second-order valence-corrected chi connectivity index (χ2v) is 5.42. The highest BCUT2D eigenvalue weighted by Gasteiger charge is 2.31. The molecule has 1 heterocycles. The average Bonchev–Trinajstić information content (AvgIpc) is 2.35. The van der Waals surface area contributed by atoms with Gasteiger partial charge in [0.05, 0.1) is 11.3 Å². The third-order valence-corrected chi connectivity index (χ3v) is 3.93. The summed E-state index contributed by atoms with van der Waals surface area (Å²) in [6.45, 7) is 0. The summed E-state index contributed by atoms with van der Waals surface area (Å²) in [6.07, 6.45) is -0.926. The summed E-state index contributed by atoms with van der Waals surface area (Å²) in [5.41, 5.74) is 6.86. The molecule has 0 aliphatic heterocycles. The van der Waals surface area contributed by atoms with Crippen LogP contribution in [0.5, 0.6) is 0 Å². The van der Waals surface area contributed by atoms with Crippen LogP contribution in [0.1, 0.15) is 36.3 Å². The summed E-state index contributed by atoms with van der Waals surface area (Å²) in [5, 5.41) is 0. The molecule has 1 fully saturated rings. The van der Waals surface area contributed by atoms with Gasteiger partial charge in [0.1, 0.15) is 5.82 Å². The van der Waals surface area contributed by atoms with Crippen molar-refractivity contribution in [2.45, 2.75) is 31.4 Å². The number of nitrogen functional groups attached to an aromatic ring is 1. The number of halogens is 3. The molecule has 1 aromatic carbocycles. The molecule has 110 valence electrons. The average molecular weight is 292 g/mol. The van der Waals surface area contributed by atoms with Gasteiger partial charge in [-0.25, -0.2) is 4.98 Å². The maximum atomic E-state index is 12.9. The maximum absolute atomic E-state index is 12.9. The molecule has 2 N–H and O–H groups in total. The molecule has 0 bridgehead atoms. The third kappa shape index (κ3) is 2.86. The minimum Gasteiger partial charge on any atom is -0.384 e. The van der Waals surface area contributed by atoms with E-state index in [2.05, 4.69) is 4.98 Å². The molecule has 2 aromatic rings. The van der Waals surface area contributed by atoms with Gasteiger partial charge >= 0.3 is 6.18 Å². The third-order valence-electron chi connectivity index (χ3n) is 3.93. The van der Waals surface area contributed by atoms with Gasteiger partial charge in [-0.15, -0.1) is 0 Å². The molecule has 0 saturated heterocycles. The van der Waals surface area contributed by atoms with Crippen LogP contribution < -0.4 is 5.73 Å². The first-order valence-electron chi connectivity index (χ1n) is 6.88. The van der Waals surface area contributed by atoms with E-state index in [0.717, 1.165) is 30.5 Å². The zero-order valence-electron chi connectivity index (χ0n) is 11.3. The number of nitrogens with two attached hydrogens (primary N) is 1. The van der Waals surface area contributed by atoms with E-state index in [1.807, 2.05) is 18.2 Å². The number of nitrogens with zero attached hydrogens (tertiary/aromatic N) is 1. The Hall–Kier alpha value is -2.04. The van der Waals surface area contributed by atoms with Crippen molar-refractivity contribution in [2.24, 2.45) is 0 Å². The van der Waals surface area contributed by atoms with Gasteiger partial charge in [0.25, 0.3) is 0 Å². The fourth-order valence-corrected chi connectivity index (χ4v) is 2.56. The molecule has 0 amide bonds. The number of rotatable bonds is 2. The van der Waals surface area contributed by atoms with Crippen LogP contribution in [0.2, 0.25) is 0 Å². The Labute approximate surface area is 120 Å². The van der Waals surface area contributed by atoms with Gasteiger partial charge < -0.3 is 5.73 Å². The van der Waals surface area contributed by atoms with Crippen LogP contribution in [0.15, 0.2) is 36.4 Å². The Bertz CT molecular complexity index is 661. The highest BCUT2D eigenvalue weighted by Crippen LogP contribution is 2.38. The van der Waals surface area contributed by atoms with Crippen molar-refractivity contribution in [2.75, 3.05) is 5.73 Å². The van der Waals surface area contributed by atoms with Crippen molar-refractivity contribution in [3.63, 3.8) is 0 Å². The molecule has 3 rings (SSSR count). The molecule has 1 aliphatic rings. The smallest absolute Gasteiger partial charge is 0.384 e. The molecule has 1 aromatic heterocycles. The van der Waals surface area contributed by atoms with Gasteiger partial charge in [0.15, 0.2) is 0 Å². The minimum atomic E-state index is -4.42. The van der Waals surface area contributed by atoms with Crippen LogP contribution >= 0.6 is 0 Å². The monoisotopic (exact) mass is 292 g/mol. The van der Waals surface area contributed by atoms with Gasteiger partial charge in [-0.1, -0.05) is 24.6 Å². The zero-order chi connectivity index (χ0) is 15.0. The van der Waals surface area contributed by atoms with Gasteiger partial charge in [0, 0.05) is 5.56 Å². The molecule has 0 spiro atoms. The van der Waals surface area contributed by atoms with Crippen LogP contribution in [0, 0.1) is 0 Å². The summed E-state index contributed by atoms with van der Waals surface area (Å²) in [5.74, 6) is 0.405. The van der Waals surface area contributed by atoms with Crippen molar-refractivity contribution >= 4 is 5.82 Å². The first kappa shape index (κ1) is 13.9. The van der Waals surface area contributed by atoms with E-state index < -0.39 is 11.7 Å². The second kappa shape index (κ2) is 5.06. The van der Waals surface area contributed by atoms with Crippen LogP contribution in [0.4, 0.5) is 19.0 Å². The van der Waals surface area contributed by atoms with E-state index in [9.17, 15) is 13.2 Å². The summed E-state index contributed by atoms with van der Waals surface area (Å²) in [4.78, 5) is 4.04. The topological polar surface area (TPSA) is 38.9 Å². The normalized spacial score (nSPS) is 15.8. The maximum Gasteiger partial charge on any atom is 0.416 e. The molecular weight excluding hydrogens is 277 g/mol. The molecule has 0 radical (unpaired) electrons. The van der Waals surface area contributed by atoms with Crippen molar-refractivity contribution < 1.29 is 13.2 Å². The lowest BCUT2D eigenvalue weighted by Gasteiger charge is -2.26. The molecular formula is C16H15F3N2. The van der Waals surface area contributed by atoms with E-state index in [0.29, 0.717) is 11.5 Å². The summed E-state index contributed by atoms with van der Waals surface area (Å²) >= 11 is 0. The number of anilines is 1. The number of aromatic nitrogens is 1. The predicted octanol–water partition coefficient (Wildman–Crippen LogP) is 4.62. The fourth-order valence-electron chi connectivity index (χ4n) is 2.56. The Balaban J connectivity index is 2.01. The van der Waals surface area contributed by atoms with Crippen molar-refractivity contribution in [1.29, 1.82) is 0 Å². The number of benzene rings is 1. The van der Waals surface area contributed by atoms with Crippen molar-refractivity contribution in [3.05, 3.63) is 47.5 Å². The first-order chi connectivity index (χ1) is 9.93. The standard InChI is InChI=1S/C16H15F3N2/c17-16(18,19)13-8-14(21-15(20)9-13)12-6-2-5-11(7-12)10-3-1-4-10/h2,5-10H,1,3-4H2,(H2,20,21). The SMILES string of the molecule is Nc1cc(C(F)(F)F)cc(-c2cccc(C3CCC3)c2)n1. The molecule has 21 heavy (non-hydrogen) atoms. The van der Waals surface area contributed by atoms with E-state index in [-0.39, 0.29) is 11.5 Å². The van der Waals surface area contributed by atoms with E-state index >= 15 is 0 Å². The quantitative estimate of drug-likeness (QED) is 0.877. The Morgan fingerprint density at radius 2 is 1.86 bits per heavy atom. The Morgan fingerprint density at radius 1 is 1.10 bits per heavy atom. The number of hydrogen-bond acceptors (Lipinski definition) is 2. The lowest BCUT2D eigenvalue weighted by Crippen LogP contribution is -2.09. The molecule has 1 aliphatic carbocycles. The summed E-state index contributed by atoms with van der Waals surface area (Å²) in [6, 6.07) is 9.48. The highest BCUT2D eigenvalue weighted by molar-refractivity contribution is 5.63. The van der Waals surface area contributed by atoms with Gasteiger partial charge in [-0.05, 0) is 42.5 Å².